The molecule has 1 N–H and O–H groups in total. The normalized spacial score (nSPS) is 44.4. The monoisotopic (exact) mass is 399 g/mol. The first-order valence-electron chi connectivity index (χ1n) is 11.1. The lowest BCUT2D eigenvalue weighted by molar-refractivity contribution is -0.298. The molecule has 6 aliphatic rings. The summed E-state index contributed by atoms with van der Waals surface area (Å²) >= 11 is 0. The van der Waals surface area contributed by atoms with Gasteiger partial charge in [-0.1, -0.05) is 6.07 Å². The Morgan fingerprint density at radius 2 is 2.00 bits per heavy atom. The van der Waals surface area contributed by atoms with Gasteiger partial charge in [0.2, 0.25) is 0 Å². The zero-order valence-corrected chi connectivity index (χ0v) is 18.2. The molecule has 1 saturated heterocycles. The van der Waals surface area contributed by atoms with Gasteiger partial charge in [-0.05, 0) is 71.2 Å². The second kappa shape index (κ2) is 5.30. The van der Waals surface area contributed by atoms with Gasteiger partial charge in [-0.3, -0.25) is 0 Å². The Morgan fingerprint density at radius 3 is 2.69 bits per heavy atom. The summed E-state index contributed by atoms with van der Waals surface area (Å²) in [4.78, 5) is 2.58. The van der Waals surface area contributed by atoms with Crippen LogP contribution in [0, 0.1) is 11.3 Å². The molecule has 0 aromatic heterocycles. The lowest BCUT2D eigenvalue weighted by Gasteiger charge is -2.74. The third-order valence-corrected chi connectivity index (χ3v) is 9.68. The maximum atomic E-state index is 11.3. The minimum absolute atomic E-state index is 0.0440. The molecule has 158 valence electrons. The van der Waals surface area contributed by atoms with Crippen molar-refractivity contribution in [1.29, 1.82) is 0 Å². The topological polar surface area (TPSA) is 51.2 Å². The molecule has 2 heterocycles. The zero-order valence-electron chi connectivity index (χ0n) is 18.2. The van der Waals surface area contributed by atoms with Crippen LogP contribution in [0.1, 0.15) is 50.7 Å². The number of fused-ring (bicyclic) bond motifs is 2. The van der Waals surface area contributed by atoms with E-state index in [1.807, 2.05) is 21.0 Å². The molecule has 1 aromatic rings. The van der Waals surface area contributed by atoms with Crippen LogP contribution >= 0.6 is 0 Å². The van der Waals surface area contributed by atoms with Crippen molar-refractivity contribution >= 4 is 0 Å². The van der Waals surface area contributed by atoms with Crippen LogP contribution in [-0.4, -0.2) is 61.2 Å². The Morgan fingerprint density at radius 1 is 1.21 bits per heavy atom. The first-order valence-corrected chi connectivity index (χ1v) is 11.1. The van der Waals surface area contributed by atoms with E-state index in [9.17, 15) is 5.11 Å². The molecule has 0 unspecified atom stereocenters. The summed E-state index contributed by atoms with van der Waals surface area (Å²) in [5.74, 6) is 1.83. The molecule has 2 spiro atoms. The van der Waals surface area contributed by atoms with Crippen LogP contribution in [0.15, 0.2) is 12.1 Å². The molecule has 4 aliphatic carbocycles. The van der Waals surface area contributed by atoms with Crippen LogP contribution in [0.5, 0.6) is 11.5 Å². The molecular weight excluding hydrogens is 366 g/mol. The van der Waals surface area contributed by atoms with Gasteiger partial charge in [-0.25, -0.2) is 0 Å². The molecule has 3 saturated carbocycles. The Labute approximate surface area is 173 Å². The van der Waals surface area contributed by atoms with Gasteiger partial charge in [-0.15, -0.1) is 0 Å². The molecule has 5 nitrogen and oxygen atoms in total. The van der Waals surface area contributed by atoms with Crippen molar-refractivity contribution in [2.45, 2.75) is 74.7 Å². The van der Waals surface area contributed by atoms with E-state index >= 15 is 0 Å². The summed E-state index contributed by atoms with van der Waals surface area (Å²) < 4.78 is 19.1. The van der Waals surface area contributed by atoms with E-state index in [1.165, 1.54) is 11.1 Å². The van der Waals surface area contributed by atoms with Crippen LogP contribution in [0.25, 0.3) is 0 Å². The first kappa shape index (κ1) is 18.5. The molecule has 5 heteroatoms. The fraction of sp³-hybridized carbons (Fsp3) is 0.750. The standard InChI is InChI=1S/C24H33NO4/c1-21(2,26)16-13-22-8-9-24(16,28-5)20-23(22)10-11-25(3)17(22)12-14-6-7-15(27-4)19(29-20)18(14)23/h6-7,16-17,20,26H,8-13H2,1-5H3/t16-,17+,20-,22+,23-,24+/m0/s1. The highest BCUT2D eigenvalue weighted by molar-refractivity contribution is 5.63. The van der Waals surface area contributed by atoms with Crippen molar-refractivity contribution < 1.29 is 19.3 Å². The molecular formula is C24H33NO4. The van der Waals surface area contributed by atoms with Crippen molar-refractivity contribution in [3.8, 4) is 11.5 Å². The molecule has 7 rings (SSSR count). The van der Waals surface area contributed by atoms with Crippen LogP contribution in [0.2, 0.25) is 0 Å². The van der Waals surface area contributed by atoms with Crippen molar-refractivity contribution in [1.82, 2.24) is 4.90 Å². The van der Waals surface area contributed by atoms with E-state index in [4.69, 9.17) is 14.2 Å². The van der Waals surface area contributed by atoms with Crippen LogP contribution in [-0.2, 0) is 16.6 Å². The van der Waals surface area contributed by atoms with Crippen LogP contribution < -0.4 is 9.47 Å². The predicted octanol–water partition coefficient (Wildman–Crippen LogP) is 2.91. The molecule has 0 radical (unpaired) electrons. The number of likely N-dealkylation sites (tertiary alicyclic amines) is 1. The number of benzene rings is 1. The van der Waals surface area contributed by atoms with Gasteiger partial charge in [-0.2, -0.15) is 0 Å². The molecule has 6 atom stereocenters. The van der Waals surface area contributed by atoms with Crippen LogP contribution in [0.3, 0.4) is 0 Å². The average Bonchev–Trinajstić information content (AvgIpc) is 3.06. The lowest BCUT2D eigenvalue weighted by atomic mass is 9.34. The number of hydrogen-bond donors (Lipinski definition) is 1. The van der Waals surface area contributed by atoms with Gasteiger partial charge < -0.3 is 24.2 Å². The smallest absolute Gasteiger partial charge is 0.165 e. The quantitative estimate of drug-likeness (QED) is 0.847. The fourth-order valence-electron chi connectivity index (χ4n) is 8.66. The average molecular weight is 400 g/mol. The summed E-state index contributed by atoms with van der Waals surface area (Å²) in [5.41, 5.74) is 1.60. The molecule has 4 fully saturated rings. The minimum atomic E-state index is -0.819. The molecule has 2 aliphatic heterocycles. The summed E-state index contributed by atoms with van der Waals surface area (Å²) in [7, 11) is 5.85. The summed E-state index contributed by atoms with van der Waals surface area (Å²) in [6.45, 7) is 4.99. The number of hydrogen-bond acceptors (Lipinski definition) is 5. The molecule has 0 amide bonds. The van der Waals surface area contributed by atoms with E-state index in [0.29, 0.717) is 6.04 Å². The van der Waals surface area contributed by atoms with Gasteiger partial charge in [0.15, 0.2) is 11.5 Å². The number of nitrogens with zero attached hydrogens (tertiary/aromatic N) is 1. The second-order valence-corrected chi connectivity index (χ2v) is 10.8. The van der Waals surface area contributed by atoms with E-state index in [1.54, 1.807) is 7.11 Å². The third kappa shape index (κ3) is 1.78. The predicted molar refractivity (Wildman–Crippen MR) is 110 cm³/mol. The summed E-state index contributed by atoms with van der Waals surface area (Å²) in [6.07, 6.45) is 5.15. The molecule has 1 aromatic carbocycles. The van der Waals surface area contributed by atoms with Crippen molar-refractivity contribution in [3.63, 3.8) is 0 Å². The van der Waals surface area contributed by atoms with Crippen molar-refractivity contribution in [2.75, 3.05) is 27.8 Å². The number of ether oxygens (including phenoxy) is 3. The SMILES string of the molecule is COc1ccc2c3c1O[C@@H]1[C@@]4(OC)CC[C@@]5(C[C@H]4C(C)(C)O)[C@@H](C2)N(C)CC[C@]315. The Bertz CT molecular complexity index is 894. The zero-order chi connectivity index (χ0) is 20.4. The number of aliphatic hydroxyl groups is 1. The highest BCUT2D eigenvalue weighted by Gasteiger charge is 2.81. The number of methoxy groups -OCH3 is 2. The van der Waals surface area contributed by atoms with Gasteiger partial charge in [0.05, 0.1) is 12.7 Å². The van der Waals surface area contributed by atoms with Gasteiger partial charge in [0.25, 0.3) is 0 Å². The number of piperidine rings is 1. The minimum Gasteiger partial charge on any atom is -0.493 e. The second-order valence-electron chi connectivity index (χ2n) is 10.8. The number of likely N-dealkylation sites (N-methyl/N-ethyl adjacent to an activating group) is 1. The van der Waals surface area contributed by atoms with E-state index in [-0.39, 0.29) is 22.9 Å². The maximum absolute atomic E-state index is 11.3. The Hall–Kier alpha value is -1.30. The maximum Gasteiger partial charge on any atom is 0.165 e. The summed E-state index contributed by atoms with van der Waals surface area (Å²) in [5, 5.41) is 11.3. The highest BCUT2D eigenvalue weighted by Crippen LogP contribution is 2.77. The Kier molecular flexibility index (Phi) is 3.37. The van der Waals surface area contributed by atoms with Gasteiger partial charge in [0, 0.05) is 35.5 Å². The van der Waals surface area contributed by atoms with E-state index in [0.717, 1.165) is 50.1 Å². The van der Waals surface area contributed by atoms with E-state index in [2.05, 4.69) is 24.1 Å². The van der Waals surface area contributed by atoms with Gasteiger partial charge >= 0.3 is 0 Å². The first-order chi connectivity index (χ1) is 13.7. The largest absolute Gasteiger partial charge is 0.493 e. The van der Waals surface area contributed by atoms with Crippen molar-refractivity contribution in [2.24, 2.45) is 11.3 Å². The molecule has 29 heavy (non-hydrogen) atoms. The summed E-state index contributed by atoms with van der Waals surface area (Å²) in [6, 6.07) is 4.82. The Balaban J connectivity index is 1.68. The van der Waals surface area contributed by atoms with E-state index < -0.39 is 11.2 Å². The highest BCUT2D eigenvalue weighted by atomic mass is 16.6. The lowest BCUT2D eigenvalue weighted by Crippen LogP contribution is -2.82. The van der Waals surface area contributed by atoms with Crippen molar-refractivity contribution in [3.05, 3.63) is 23.3 Å². The molecule has 4 bridgehead atoms. The van der Waals surface area contributed by atoms with Gasteiger partial charge in [0.1, 0.15) is 11.7 Å². The van der Waals surface area contributed by atoms with Crippen LogP contribution in [0.4, 0.5) is 0 Å². The fourth-order valence-corrected chi connectivity index (χ4v) is 8.66. The third-order valence-electron chi connectivity index (χ3n) is 9.68. The number of rotatable bonds is 3.